The molecule has 0 aliphatic carbocycles. The van der Waals surface area contributed by atoms with Gasteiger partial charge in [0, 0.05) is 24.0 Å². The van der Waals surface area contributed by atoms with Crippen molar-refractivity contribution in [1.82, 2.24) is 19.6 Å². The van der Waals surface area contributed by atoms with Crippen molar-refractivity contribution in [2.45, 2.75) is 11.1 Å². The Labute approximate surface area is 184 Å². The molecule has 0 aliphatic rings. The highest BCUT2D eigenvalue weighted by atomic mass is 32.2. The molecule has 0 aliphatic heterocycles. The molecule has 1 aromatic carbocycles. The van der Waals surface area contributed by atoms with Gasteiger partial charge < -0.3 is 4.74 Å². The van der Waals surface area contributed by atoms with Crippen LogP contribution < -0.4 is 15.0 Å². The highest BCUT2D eigenvalue weighted by Gasteiger charge is 2.30. The lowest BCUT2D eigenvalue weighted by molar-refractivity contribution is -0.137. The first kappa shape index (κ1) is 22.2. The van der Waals surface area contributed by atoms with Crippen LogP contribution >= 0.6 is 0 Å². The van der Waals surface area contributed by atoms with E-state index in [1.54, 1.807) is 12.1 Å². The number of anilines is 1. The summed E-state index contributed by atoms with van der Waals surface area (Å²) >= 11 is 0. The Morgan fingerprint density at radius 3 is 2.42 bits per heavy atom. The van der Waals surface area contributed by atoms with Crippen molar-refractivity contribution < 1.29 is 26.3 Å². The third kappa shape index (κ3) is 4.48. The van der Waals surface area contributed by atoms with Gasteiger partial charge in [-0.2, -0.15) is 22.8 Å². The number of aromatic nitrogens is 4. The van der Waals surface area contributed by atoms with Gasteiger partial charge in [-0.15, -0.1) is 0 Å². The summed E-state index contributed by atoms with van der Waals surface area (Å²) in [6.07, 6.45) is -1.88. The molecule has 9 nitrogen and oxygen atoms in total. The van der Waals surface area contributed by atoms with E-state index >= 15 is 0 Å². The minimum absolute atomic E-state index is 0.0738. The molecule has 13 heteroatoms. The first-order valence-electron chi connectivity index (χ1n) is 9.18. The number of methoxy groups -OCH3 is 1. The van der Waals surface area contributed by atoms with Gasteiger partial charge in [0.2, 0.25) is 5.88 Å². The summed E-state index contributed by atoms with van der Waals surface area (Å²) in [5.41, 5.74) is -0.506. The van der Waals surface area contributed by atoms with Gasteiger partial charge in [-0.1, -0.05) is 0 Å². The lowest BCUT2D eigenvalue weighted by Crippen LogP contribution is -2.16. The average Bonchev–Trinajstić information content (AvgIpc) is 2.78. The molecule has 1 N–H and O–H groups in total. The second-order valence-electron chi connectivity index (χ2n) is 6.68. The Hall–Kier alpha value is -4.00. The zero-order valence-electron chi connectivity index (χ0n) is 16.7. The van der Waals surface area contributed by atoms with Crippen molar-refractivity contribution >= 4 is 21.4 Å². The number of benzene rings is 1. The van der Waals surface area contributed by atoms with Gasteiger partial charge in [0.1, 0.15) is 5.69 Å². The fourth-order valence-corrected chi connectivity index (χ4v) is 3.98. The van der Waals surface area contributed by atoms with Crippen molar-refractivity contribution in [1.29, 1.82) is 0 Å². The molecule has 170 valence electrons. The monoisotopic (exact) mass is 477 g/mol. The summed E-state index contributed by atoms with van der Waals surface area (Å²) in [5.74, 6) is -0.0751. The van der Waals surface area contributed by atoms with Crippen molar-refractivity contribution in [3.05, 3.63) is 76.8 Å². The fraction of sp³-hybridized carbons (Fsp3) is 0.100. The number of fused-ring (bicyclic) bond motifs is 1. The number of nitrogens with one attached hydrogen (secondary N) is 1. The Bertz CT molecular complexity index is 1500. The molecule has 0 bridgehead atoms. The van der Waals surface area contributed by atoms with Crippen LogP contribution in [0.25, 0.3) is 16.9 Å². The van der Waals surface area contributed by atoms with Crippen LogP contribution in [0.1, 0.15) is 5.56 Å². The van der Waals surface area contributed by atoms with Gasteiger partial charge in [0.15, 0.2) is 5.65 Å². The van der Waals surface area contributed by atoms with E-state index in [0.717, 1.165) is 16.6 Å². The molecule has 0 radical (unpaired) electrons. The first-order valence-corrected chi connectivity index (χ1v) is 10.7. The van der Waals surface area contributed by atoms with Crippen molar-refractivity contribution in [2.75, 3.05) is 11.8 Å². The summed E-state index contributed by atoms with van der Waals surface area (Å²) in [6.45, 7) is 0. The lowest BCUT2D eigenvalue weighted by Gasteiger charge is -2.13. The molecule has 4 rings (SSSR count). The highest BCUT2D eigenvalue weighted by Crippen LogP contribution is 2.32. The van der Waals surface area contributed by atoms with Crippen LogP contribution in [-0.2, 0) is 16.2 Å². The molecule has 0 atom stereocenters. The molecule has 0 saturated carbocycles. The average molecular weight is 477 g/mol. The van der Waals surface area contributed by atoms with Crippen LogP contribution in [0.5, 0.6) is 5.88 Å². The molecule has 0 amide bonds. The van der Waals surface area contributed by atoms with Crippen LogP contribution in [0.2, 0.25) is 0 Å². The zero-order chi connectivity index (χ0) is 23.8. The third-order valence-electron chi connectivity index (χ3n) is 4.52. The number of alkyl halides is 3. The van der Waals surface area contributed by atoms with E-state index in [1.807, 2.05) is 0 Å². The quantitative estimate of drug-likeness (QED) is 0.470. The van der Waals surface area contributed by atoms with E-state index in [1.165, 1.54) is 31.6 Å². The van der Waals surface area contributed by atoms with Crippen molar-refractivity contribution in [3.8, 4) is 17.1 Å². The first-order chi connectivity index (χ1) is 15.6. The van der Waals surface area contributed by atoms with E-state index in [-0.39, 0.29) is 16.5 Å². The van der Waals surface area contributed by atoms with E-state index in [0.29, 0.717) is 29.0 Å². The number of hydrogen-bond donors (Lipinski definition) is 1. The van der Waals surface area contributed by atoms with E-state index in [9.17, 15) is 26.4 Å². The van der Waals surface area contributed by atoms with Gasteiger partial charge >= 0.3 is 6.18 Å². The molecular weight excluding hydrogens is 463 g/mol. The minimum atomic E-state index is -4.60. The third-order valence-corrected chi connectivity index (χ3v) is 5.91. The number of rotatable bonds is 5. The van der Waals surface area contributed by atoms with Crippen LogP contribution in [0.15, 0.2) is 70.6 Å². The maximum absolute atomic E-state index is 12.8. The van der Waals surface area contributed by atoms with Gasteiger partial charge in [0.25, 0.3) is 15.6 Å². The molecule has 3 aromatic heterocycles. The fourth-order valence-electron chi connectivity index (χ4n) is 2.93. The molecular formula is C20H14F3N5O4S. The summed E-state index contributed by atoms with van der Waals surface area (Å²) in [4.78, 5) is 19.7. The molecule has 0 unspecified atom stereocenters. The Balaban J connectivity index is 1.72. The van der Waals surface area contributed by atoms with E-state index in [2.05, 4.69) is 19.8 Å². The maximum Gasteiger partial charge on any atom is 0.416 e. The molecule has 4 aromatic rings. The summed E-state index contributed by atoms with van der Waals surface area (Å²) in [6, 6.07) is 8.77. The Morgan fingerprint density at radius 2 is 1.76 bits per heavy atom. The zero-order valence-corrected chi connectivity index (χ0v) is 17.6. The standard InChI is InChI=1S/C20H14F3N5O4S/c1-32-19-16(27-33(30,31)14-4-2-13(3-5-14)20(21,22)23)10-12(11-25-19)15-6-7-17-24-9-8-18(29)28(17)26-15/h2-11,27H,1H3. The van der Waals surface area contributed by atoms with Gasteiger partial charge in [0.05, 0.1) is 23.3 Å². The van der Waals surface area contributed by atoms with Crippen molar-refractivity contribution in [3.63, 3.8) is 0 Å². The number of ether oxygens (including phenoxy) is 1. The van der Waals surface area contributed by atoms with Crippen LogP contribution in [0, 0.1) is 0 Å². The van der Waals surface area contributed by atoms with Crippen LogP contribution in [0.4, 0.5) is 18.9 Å². The summed E-state index contributed by atoms with van der Waals surface area (Å²) < 4.78 is 72.3. The van der Waals surface area contributed by atoms with Gasteiger partial charge in [-0.05, 0) is 42.5 Å². The molecule has 0 spiro atoms. The Morgan fingerprint density at radius 1 is 1.03 bits per heavy atom. The van der Waals surface area contributed by atoms with E-state index in [4.69, 9.17) is 4.74 Å². The SMILES string of the molecule is COc1ncc(-c2ccc3nccc(=O)n3n2)cc1NS(=O)(=O)c1ccc(C(F)(F)F)cc1. The topological polar surface area (TPSA) is 116 Å². The summed E-state index contributed by atoms with van der Waals surface area (Å²) in [5, 5.41) is 4.21. The maximum atomic E-state index is 12.8. The molecule has 33 heavy (non-hydrogen) atoms. The predicted octanol–water partition coefficient (Wildman–Crippen LogP) is 2.98. The van der Waals surface area contributed by atoms with E-state index < -0.39 is 27.3 Å². The lowest BCUT2D eigenvalue weighted by atomic mass is 10.2. The second kappa shape index (κ2) is 8.16. The number of halogens is 3. The number of nitrogens with zero attached hydrogens (tertiary/aromatic N) is 4. The smallest absolute Gasteiger partial charge is 0.416 e. The highest BCUT2D eigenvalue weighted by molar-refractivity contribution is 7.92. The normalized spacial score (nSPS) is 12.0. The predicted molar refractivity (Wildman–Crippen MR) is 111 cm³/mol. The second-order valence-corrected chi connectivity index (χ2v) is 8.36. The molecule has 0 saturated heterocycles. The number of sulfonamides is 1. The minimum Gasteiger partial charge on any atom is -0.480 e. The molecule has 3 heterocycles. The number of pyridine rings is 1. The largest absolute Gasteiger partial charge is 0.480 e. The number of hydrogen-bond acceptors (Lipinski definition) is 7. The molecule has 0 fully saturated rings. The Kier molecular flexibility index (Phi) is 5.49. The van der Waals surface area contributed by atoms with Crippen LogP contribution in [0.3, 0.4) is 0 Å². The van der Waals surface area contributed by atoms with Crippen molar-refractivity contribution in [2.24, 2.45) is 0 Å². The van der Waals surface area contributed by atoms with Gasteiger partial charge in [-0.3, -0.25) is 9.52 Å². The van der Waals surface area contributed by atoms with Gasteiger partial charge in [-0.25, -0.2) is 18.4 Å². The summed E-state index contributed by atoms with van der Waals surface area (Å²) in [7, 11) is -3.00. The van der Waals surface area contributed by atoms with Crippen LogP contribution in [-0.4, -0.2) is 35.1 Å².